The van der Waals surface area contributed by atoms with Crippen molar-refractivity contribution in [1.29, 1.82) is 0 Å². The Morgan fingerprint density at radius 1 is 0.621 bits per heavy atom. The van der Waals surface area contributed by atoms with Gasteiger partial charge in [-0.3, -0.25) is 0 Å². The molecule has 0 aromatic carbocycles. The van der Waals surface area contributed by atoms with Crippen LogP contribution in [-0.2, 0) is 23.7 Å². The fourth-order valence-corrected chi connectivity index (χ4v) is 3.40. The molecule has 0 amide bonds. The van der Waals surface area contributed by atoms with E-state index < -0.39 is 79.9 Å². The van der Waals surface area contributed by atoms with Crippen molar-refractivity contribution in [1.82, 2.24) is 0 Å². The molecule has 170 valence electrons. The van der Waals surface area contributed by atoms with E-state index in [2.05, 4.69) is 0 Å². The van der Waals surface area contributed by atoms with Gasteiger partial charge in [-0.25, -0.2) is 0 Å². The van der Waals surface area contributed by atoms with Gasteiger partial charge in [-0.2, -0.15) is 0 Å². The van der Waals surface area contributed by atoms with E-state index in [-0.39, 0.29) is 13.2 Å². The maximum absolute atomic E-state index is 10.6. The molecule has 8 N–H and O–H groups in total. The molecular formula is C16H28O13. The summed E-state index contributed by atoms with van der Waals surface area (Å²) in [5.41, 5.74) is 0. The molecule has 3 fully saturated rings. The minimum absolute atomic E-state index is 0.317. The van der Waals surface area contributed by atoms with Crippen LogP contribution < -0.4 is 0 Å². The van der Waals surface area contributed by atoms with Crippen LogP contribution in [0.2, 0.25) is 0 Å². The first-order valence-corrected chi connectivity index (χ1v) is 9.26. The highest BCUT2D eigenvalue weighted by Gasteiger charge is 2.50. The molecule has 0 bridgehead atoms. The minimum Gasteiger partial charge on any atom is -0.388 e. The molecule has 0 aliphatic carbocycles. The van der Waals surface area contributed by atoms with Crippen LogP contribution in [-0.4, -0.2) is 134 Å². The van der Waals surface area contributed by atoms with Crippen molar-refractivity contribution in [2.75, 3.05) is 13.2 Å². The van der Waals surface area contributed by atoms with Crippen LogP contribution in [0, 0.1) is 0 Å². The number of aliphatic hydroxyl groups is 8. The van der Waals surface area contributed by atoms with Crippen molar-refractivity contribution in [2.45, 2.75) is 86.8 Å². The first-order valence-electron chi connectivity index (χ1n) is 9.26. The van der Waals surface area contributed by atoms with Gasteiger partial charge in [-0.15, -0.1) is 0 Å². The first-order chi connectivity index (χ1) is 13.6. The second kappa shape index (κ2) is 9.32. The van der Waals surface area contributed by atoms with Crippen LogP contribution in [0.25, 0.3) is 0 Å². The van der Waals surface area contributed by atoms with Crippen LogP contribution >= 0.6 is 0 Å². The third-order valence-electron chi connectivity index (χ3n) is 5.27. The third kappa shape index (κ3) is 4.72. The zero-order chi connectivity index (χ0) is 21.5. The number of rotatable bonds is 4. The molecule has 0 radical (unpaired) electrons. The largest absolute Gasteiger partial charge is 0.388 e. The average Bonchev–Trinajstić information content (AvgIpc) is 2.69. The molecule has 0 spiro atoms. The second-order valence-corrected chi connectivity index (χ2v) is 7.42. The quantitative estimate of drug-likeness (QED) is 0.211. The van der Waals surface area contributed by atoms with Gasteiger partial charge in [0.25, 0.3) is 0 Å². The highest BCUT2D eigenvalue weighted by Crippen LogP contribution is 2.30. The Bertz CT molecular complexity index is 537. The van der Waals surface area contributed by atoms with E-state index in [0.717, 1.165) is 0 Å². The van der Waals surface area contributed by atoms with E-state index in [4.69, 9.17) is 23.7 Å². The molecule has 13 atom stereocenters. The Labute approximate surface area is 165 Å². The zero-order valence-electron chi connectivity index (χ0n) is 15.5. The summed E-state index contributed by atoms with van der Waals surface area (Å²) in [5, 5.41) is 79.7. The van der Waals surface area contributed by atoms with Gasteiger partial charge in [-0.1, -0.05) is 0 Å². The Hall–Kier alpha value is -0.520. The lowest BCUT2D eigenvalue weighted by Gasteiger charge is -2.46. The van der Waals surface area contributed by atoms with E-state index in [1.165, 1.54) is 6.92 Å². The van der Waals surface area contributed by atoms with Gasteiger partial charge < -0.3 is 64.5 Å². The Morgan fingerprint density at radius 3 is 1.90 bits per heavy atom. The van der Waals surface area contributed by atoms with Crippen molar-refractivity contribution in [3.63, 3.8) is 0 Å². The van der Waals surface area contributed by atoms with Gasteiger partial charge in [0.2, 0.25) is 0 Å². The summed E-state index contributed by atoms with van der Waals surface area (Å²) in [7, 11) is 0. The fourth-order valence-electron chi connectivity index (χ4n) is 3.40. The van der Waals surface area contributed by atoms with Crippen molar-refractivity contribution >= 4 is 0 Å². The summed E-state index contributed by atoms with van der Waals surface area (Å²) in [6, 6.07) is 0. The number of hydrogen-bond donors (Lipinski definition) is 8. The molecule has 3 rings (SSSR count). The predicted molar refractivity (Wildman–Crippen MR) is 87.8 cm³/mol. The molecule has 0 unspecified atom stereocenters. The van der Waals surface area contributed by atoms with Gasteiger partial charge in [-0.05, 0) is 6.92 Å². The summed E-state index contributed by atoms with van der Waals surface area (Å²) in [5.74, 6) is 0. The fraction of sp³-hybridized carbons (Fsp3) is 1.00. The number of hydrogen-bond acceptors (Lipinski definition) is 13. The number of aliphatic hydroxyl groups excluding tert-OH is 8. The SMILES string of the molecule is C[C@@H]1O[C@@H](O[C@H]2[C@H](O)[C@@H](O)CO[C@H]2O)[C@H](O)[C@H](O[C@@H]2OC[C@@H](O)[C@@H](O)[C@H]2O)[C@H]1O. The molecule has 0 aromatic heterocycles. The normalized spacial score (nSPS) is 54.3. The molecular weight excluding hydrogens is 400 g/mol. The van der Waals surface area contributed by atoms with Crippen molar-refractivity contribution in [2.24, 2.45) is 0 Å². The van der Waals surface area contributed by atoms with Crippen LogP contribution in [0.5, 0.6) is 0 Å². The molecule has 3 saturated heterocycles. The van der Waals surface area contributed by atoms with Gasteiger partial charge in [0.1, 0.15) is 54.9 Å². The Balaban J connectivity index is 1.69. The first kappa shape index (κ1) is 23.1. The molecule has 13 heteroatoms. The minimum atomic E-state index is -1.68. The Morgan fingerprint density at radius 2 is 1.21 bits per heavy atom. The topological polar surface area (TPSA) is 208 Å². The van der Waals surface area contributed by atoms with Crippen molar-refractivity contribution in [3.8, 4) is 0 Å². The van der Waals surface area contributed by atoms with E-state index in [0.29, 0.717) is 0 Å². The van der Waals surface area contributed by atoms with Gasteiger partial charge in [0.15, 0.2) is 18.9 Å². The Kier molecular flexibility index (Phi) is 7.44. The highest BCUT2D eigenvalue weighted by molar-refractivity contribution is 4.93. The molecule has 0 saturated carbocycles. The van der Waals surface area contributed by atoms with E-state index >= 15 is 0 Å². The molecule has 3 aliphatic heterocycles. The molecule has 29 heavy (non-hydrogen) atoms. The van der Waals surface area contributed by atoms with Crippen LogP contribution in [0.3, 0.4) is 0 Å². The average molecular weight is 428 g/mol. The lowest BCUT2D eigenvalue weighted by molar-refractivity contribution is -0.369. The summed E-state index contributed by atoms with van der Waals surface area (Å²) in [4.78, 5) is 0. The molecule has 0 aromatic rings. The highest BCUT2D eigenvalue weighted by atomic mass is 16.7. The number of ether oxygens (including phenoxy) is 5. The van der Waals surface area contributed by atoms with E-state index in [1.54, 1.807) is 0 Å². The predicted octanol–water partition coefficient (Wildman–Crippen LogP) is -5.27. The molecule has 13 nitrogen and oxygen atoms in total. The zero-order valence-corrected chi connectivity index (χ0v) is 15.5. The van der Waals surface area contributed by atoms with E-state index in [9.17, 15) is 40.9 Å². The van der Waals surface area contributed by atoms with Gasteiger partial charge in [0.05, 0.1) is 19.3 Å². The lowest BCUT2D eigenvalue weighted by atomic mass is 9.98. The van der Waals surface area contributed by atoms with Gasteiger partial charge >= 0.3 is 0 Å². The van der Waals surface area contributed by atoms with Crippen LogP contribution in [0.4, 0.5) is 0 Å². The summed E-state index contributed by atoms with van der Waals surface area (Å²) >= 11 is 0. The smallest absolute Gasteiger partial charge is 0.187 e. The van der Waals surface area contributed by atoms with Crippen molar-refractivity contribution in [3.05, 3.63) is 0 Å². The summed E-state index contributed by atoms with van der Waals surface area (Å²) in [6.45, 7) is 0.783. The van der Waals surface area contributed by atoms with E-state index in [1.807, 2.05) is 0 Å². The molecule has 3 aliphatic rings. The van der Waals surface area contributed by atoms with Gasteiger partial charge in [0, 0.05) is 0 Å². The second-order valence-electron chi connectivity index (χ2n) is 7.42. The molecule has 3 heterocycles. The van der Waals surface area contributed by atoms with Crippen molar-refractivity contribution < 1.29 is 64.5 Å². The standard InChI is InChI=1S/C16H28O13/c1-4-7(19)12(28-15-10(22)8(20)5(17)3-26-15)11(23)16(27-4)29-13-9(21)6(18)2-25-14(13)24/h4-24H,2-3H2,1H3/t4-,5+,6-,7-,8+,9+,10+,11+,12+,13-,14+,15-,16-/m0/s1. The third-order valence-corrected chi connectivity index (χ3v) is 5.27. The van der Waals surface area contributed by atoms with Crippen LogP contribution in [0.15, 0.2) is 0 Å². The maximum Gasteiger partial charge on any atom is 0.187 e. The summed E-state index contributed by atoms with van der Waals surface area (Å²) < 4.78 is 26.2. The monoisotopic (exact) mass is 428 g/mol. The van der Waals surface area contributed by atoms with Crippen LogP contribution in [0.1, 0.15) is 6.92 Å². The lowest BCUT2D eigenvalue weighted by Crippen LogP contribution is -2.64. The summed E-state index contributed by atoms with van der Waals surface area (Å²) in [6.07, 6.45) is -18.9. The maximum atomic E-state index is 10.6.